The first kappa shape index (κ1) is 17.2. The molecule has 0 saturated heterocycles. The Bertz CT molecular complexity index is 675. The number of aromatic nitrogens is 3. The monoisotopic (exact) mass is 314 g/mol. The Morgan fingerprint density at radius 3 is 2.65 bits per heavy atom. The normalized spacial score (nSPS) is 12.4. The van der Waals surface area contributed by atoms with Crippen LogP contribution in [0.25, 0.3) is 0 Å². The van der Waals surface area contributed by atoms with Crippen LogP contribution < -0.4 is 5.32 Å². The van der Waals surface area contributed by atoms with Crippen LogP contribution in [0.15, 0.2) is 24.3 Å². The van der Waals surface area contributed by atoms with E-state index in [2.05, 4.69) is 29.2 Å². The van der Waals surface area contributed by atoms with E-state index in [0.29, 0.717) is 18.2 Å². The summed E-state index contributed by atoms with van der Waals surface area (Å²) in [5.74, 6) is 0.409. The van der Waals surface area contributed by atoms with Gasteiger partial charge in [-0.15, -0.1) is 0 Å². The molecule has 0 aliphatic rings. The van der Waals surface area contributed by atoms with Crippen molar-refractivity contribution in [2.75, 3.05) is 0 Å². The zero-order valence-corrected chi connectivity index (χ0v) is 14.6. The van der Waals surface area contributed by atoms with Gasteiger partial charge in [-0.2, -0.15) is 5.10 Å². The molecule has 0 aromatic carbocycles. The van der Waals surface area contributed by atoms with E-state index >= 15 is 0 Å². The van der Waals surface area contributed by atoms with E-state index in [0.717, 1.165) is 23.5 Å². The lowest BCUT2D eigenvalue weighted by Crippen LogP contribution is -2.29. The van der Waals surface area contributed by atoms with Crippen molar-refractivity contribution >= 4 is 5.91 Å². The van der Waals surface area contributed by atoms with Gasteiger partial charge in [0.2, 0.25) is 0 Å². The minimum absolute atomic E-state index is 0.106. The first-order chi connectivity index (χ1) is 10.9. The molecule has 1 atom stereocenters. The van der Waals surface area contributed by atoms with Gasteiger partial charge >= 0.3 is 0 Å². The highest BCUT2D eigenvalue weighted by Gasteiger charge is 2.18. The average Bonchev–Trinajstić information content (AvgIpc) is 2.89. The SMILES string of the molecule is CCn1nc(CC(C)C)cc1C(=O)N[C@@H](C)c1cccc(C)n1. The molecule has 0 spiro atoms. The van der Waals surface area contributed by atoms with Crippen LogP contribution in [0.4, 0.5) is 0 Å². The number of aryl methyl sites for hydroxylation is 2. The molecule has 0 unspecified atom stereocenters. The van der Waals surface area contributed by atoms with Crippen molar-refractivity contribution in [3.8, 4) is 0 Å². The molecular weight excluding hydrogens is 288 g/mol. The molecule has 5 nitrogen and oxygen atoms in total. The van der Waals surface area contributed by atoms with Gasteiger partial charge in [-0.1, -0.05) is 19.9 Å². The molecule has 1 N–H and O–H groups in total. The first-order valence-corrected chi connectivity index (χ1v) is 8.21. The van der Waals surface area contributed by atoms with Gasteiger partial charge in [0.15, 0.2) is 0 Å². The van der Waals surface area contributed by atoms with Crippen molar-refractivity contribution in [2.45, 2.75) is 53.6 Å². The van der Waals surface area contributed by atoms with Crippen molar-refractivity contribution in [2.24, 2.45) is 5.92 Å². The summed E-state index contributed by atoms with van der Waals surface area (Å²) in [5, 5.41) is 7.54. The number of nitrogens with zero attached hydrogens (tertiary/aromatic N) is 3. The van der Waals surface area contributed by atoms with Crippen LogP contribution in [0.5, 0.6) is 0 Å². The Morgan fingerprint density at radius 1 is 1.30 bits per heavy atom. The minimum Gasteiger partial charge on any atom is -0.343 e. The Labute approximate surface area is 138 Å². The molecule has 23 heavy (non-hydrogen) atoms. The summed E-state index contributed by atoms with van der Waals surface area (Å²) >= 11 is 0. The number of carbonyl (C=O) groups is 1. The zero-order valence-electron chi connectivity index (χ0n) is 14.6. The molecule has 0 aliphatic carbocycles. The summed E-state index contributed by atoms with van der Waals surface area (Å²) in [6, 6.07) is 7.59. The zero-order chi connectivity index (χ0) is 17.0. The Hall–Kier alpha value is -2.17. The number of hydrogen-bond acceptors (Lipinski definition) is 3. The summed E-state index contributed by atoms with van der Waals surface area (Å²) in [4.78, 5) is 17.1. The van der Waals surface area contributed by atoms with E-state index in [1.54, 1.807) is 4.68 Å². The highest BCUT2D eigenvalue weighted by molar-refractivity contribution is 5.92. The maximum absolute atomic E-state index is 12.6. The van der Waals surface area contributed by atoms with Gasteiger partial charge < -0.3 is 5.32 Å². The number of pyridine rings is 1. The predicted octanol–water partition coefficient (Wildman–Crippen LogP) is 3.30. The van der Waals surface area contributed by atoms with Crippen LogP contribution in [0.1, 0.15) is 61.3 Å². The van der Waals surface area contributed by atoms with Crippen molar-refractivity contribution < 1.29 is 4.79 Å². The minimum atomic E-state index is -0.142. The highest BCUT2D eigenvalue weighted by Crippen LogP contribution is 2.14. The Morgan fingerprint density at radius 2 is 2.04 bits per heavy atom. The lowest BCUT2D eigenvalue weighted by Gasteiger charge is -2.14. The highest BCUT2D eigenvalue weighted by atomic mass is 16.2. The van der Waals surface area contributed by atoms with Crippen molar-refractivity contribution in [1.29, 1.82) is 0 Å². The van der Waals surface area contributed by atoms with Crippen molar-refractivity contribution in [3.63, 3.8) is 0 Å². The first-order valence-electron chi connectivity index (χ1n) is 8.21. The van der Waals surface area contributed by atoms with Crippen LogP contribution in [-0.4, -0.2) is 20.7 Å². The summed E-state index contributed by atoms with van der Waals surface area (Å²) in [6.07, 6.45) is 0.877. The molecule has 124 valence electrons. The van der Waals surface area contributed by atoms with E-state index in [1.807, 2.05) is 45.0 Å². The van der Waals surface area contributed by atoms with E-state index in [-0.39, 0.29) is 11.9 Å². The van der Waals surface area contributed by atoms with Gasteiger partial charge in [-0.05, 0) is 51.3 Å². The van der Waals surface area contributed by atoms with Crippen LogP contribution in [0.3, 0.4) is 0 Å². The second-order valence-electron chi connectivity index (χ2n) is 6.33. The summed E-state index contributed by atoms with van der Waals surface area (Å²) in [5.41, 5.74) is 3.39. The molecule has 2 aromatic heterocycles. The molecular formula is C18H26N4O. The fraction of sp³-hybridized carbons (Fsp3) is 0.500. The topological polar surface area (TPSA) is 59.8 Å². The van der Waals surface area contributed by atoms with Crippen LogP contribution in [0, 0.1) is 12.8 Å². The molecule has 5 heteroatoms. The smallest absolute Gasteiger partial charge is 0.270 e. The lowest BCUT2D eigenvalue weighted by molar-refractivity contribution is 0.0928. The summed E-state index contributed by atoms with van der Waals surface area (Å²) in [6.45, 7) is 10.9. The second-order valence-corrected chi connectivity index (χ2v) is 6.33. The van der Waals surface area contributed by atoms with Gasteiger partial charge in [-0.3, -0.25) is 14.5 Å². The number of nitrogens with one attached hydrogen (secondary N) is 1. The van der Waals surface area contributed by atoms with E-state index in [1.165, 1.54) is 0 Å². The van der Waals surface area contributed by atoms with E-state index in [9.17, 15) is 4.79 Å². The quantitative estimate of drug-likeness (QED) is 0.890. The molecule has 2 rings (SSSR count). The molecule has 0 radical (unpaired) electrons. The van der Waals surface area contributed by atoms with Gasteiger partial charge in [0.1, 0.15) is 5.69 Å². The predicted molar refractivity (Wildman–Crippen MR) is 91.3 cm³/mol. The van der Waals surface area contributed by atoms with Crippen LogP contribution in [-0.2, 0) is 13.0 Å². The average molecular weight is 314 g/mol. The third-order valence-corrected chi connectivity index (χ3v) is 3.68. The largest absolute Gasteiger partial charge is 0.343 e. The van der Waals surface area contributed by atoms with Gasteiger partial charge in [0, 0.05) is 12.2 Å². The number of rotatable bonds is 6. The van der Waals surface area contributed by atoms with Crippen molar-refractivity contribution in [1.82, 2.24) is 20.1 Å². The third-order valence-electron chi connectivity index (χ3n) is 3.68. The summed E-state index contributed by atoms with van der Waals surface area (Å²) in [7, 11) is 0. The molecule has 0 fully saturated rings. The van der Waals surface area contributed by atoms with Gasteiger partial charge in [0.05, 0.1) is 17.4 Å². The molecule has 0 aliphatic heterocycles. The van der Waals surface area contributed by atoms with Gasteiger partial charge in [-0.25, -0.2) is 0 Å². The van der Waals surface area contributed by atoms with E-state index in [4.69, 9.17) is 0 Å². The number of amides is 1. The molecule has 0 saturated carbocycles. The fourth-order valence-corrected chi connectivity index (χ4v) is 2.56. The van der Waals surface area contributed by atoms with E-state index < -0.39 is 0 Å². The lowest BCUT2D eigenvalue weighted by atomic mass is 10.1. The third kappa shape index (κ3) is 4.41. The van der Waals surface area contributed by atoms with Crippen LogP contribution >= 0.6 is 0 Å². The van der Waals surface area contributed by atoms with Gasteiger partial charge in [0.25, 0.3) is 5.91 Å². The summed E-state index contributed by atoms with van der Waals surface area (Å²) < 4.78 is 1.77. The molecule has 1 amide bonds. The Kier molecular flexibility index (Phi) is 5.53. The fourth-order valence-electron chi connectivity index (χ4n) is 2.56. The number of hydrogen-bond donors (Lipinski definition) is 1. The van der Waals surface area contributed by atoms with Crippen molar-refractivity contribution in [3.05, 3.63) is 47.0 Å². The Balaban J connectivity index is 2.15. The second kappa shape index (κ2) is 7.40. The molecule has 0 bridgehead atoms. The number of carbonyl (C=O) groups excluding carboxylic acids is 1. The standard InChI is InChI=1S/C18H26N4O/c1-6-22-17(11-15(21-22)10-12(2)3)18(23)20-14(5)16-9-7-8-13(4)19-16/h7-9,11-12,14H,6,10H2,1-5H3,(H,20,23)/t14-/m0/s1. The van der Waals surface area contributed by atoms with Crippen LogP contribution in [0.2, 0.25) is 0 Å². The maximum atomic E-state index is 12.6. The molecule has 2 aromatic rings. The molecule has 2 heterocycles. The maximum Gasteiger partial charge on any atom is 0.270 e.